The molecule has 0 bridgehead atoms. The van der Waals surface area contributed by atoms with Gasteiger partial charge in [0.15, 0.2) is 6.79 Å². The summed E-state index contributed by atoms with van der Waals surface area (Å²) in [6, 6.07) is 7.83. The van der Waals surface area contributed by atoms with Crippen molar-refractivity contribution < 1.29 is 31.8 Å². The van der Waals surface area contributed by atoms with Crippen LogP contribution >= 0.6 is 0 Å². The highest BCUT2D eigenvalue weighted by Crippen LogP contribution is 2.30. The van der Waals surface area contributed by atoms with Crippen LogP contribution in [-0.4, -0.2) is 28.2 Å². The molecule has 1 N–H and O–H groups in total. The van der Waals surface area contributed by atoms with Gasteiger partial charge in [-0.05, 0) is 43.4 Å². The molecule has 0 unspecified atom stereocenters. The van der Waals surface area contributed by atoms with Gasteiger partial charge in [0.25, 0.3) is 0 Å². The number of carbonyl (C=O) groups is 1. The van der Waals surface area contributed by atoms with E-state index in [1.807, 2.05) is 0 Å². The van der Waals surface area contributed by atoms with Crippen LogP contribution < -0.4 is 9.46 Å². The number of rotatable bonds is 5. The Morgan fingerprint density at radius 3 is 2.69 bits per heavy atom. The van der Waals surface area contributed by atoms with Crippen molar-refractivity contribution in [1.29, 1.82) is 0 Å². The van der Waals surface area contributed by atoms with Crippen molar-refractivity contribution in [2.45, 2.75) is 18.1 Å². The number of nitrogens with one attached hydrogen (secondary N) is 1. The first-order valence-corrected chi connectivity index (χ1v) is 9.11. The summed E-state index contributed by atoms with van der Waals surface area (Å²) in [6.07, 6.45) is 0. The molecule has 138 valence electrons. The Bertz CT molecular complexity index is 927. The summed E-state index contributed by atoms with van der Waals surface area (Å²) in [5.41, 5.74) is 1.12. The van der Waals surface area contributed by atoms with E-state index in [2.05, 4.69) is 4.72 Å². The van der Waals surface area contributed by atoms with Gasteiger partial charge >= 0.3 is 5.97 Å². The van der Waals surface area contributed by atoms with Crippen molar-refractivity contribution in [3.63, 3.8) is 0 Å². The molecule has 2 aromatic carbocycles. The van der Waals surface area contributed by atoms with E-state index in [-0.39, 0.29) is 30.5 Å². The van der Waals surface area contributed by atoms with Gasteiger partial charge in [0.2, 0.25) is 10.0 Å². The number of esters is 1. The van der Waals surface area contributed by atoms with E-state index >= 15 is 0 Å². The molecule has 3 rings (SSSR count). The smallest absolute Gasteiger partial charge is 0.338 e. The first-order valence-electron chi connectivity index (χ1n) is 7.63. The molecule has 0 amide bonds. The van der Waals surface area contributed by atoms with Crippen LogP contribution in [0.25, 0.3) is 0 Å². The SMILES string of the molecule is CNS(=O)(=O)c1ccc(C(=O)OCc2cc(F)cc3c2OCOC3)cc1. The molecule has 26 heavy (non-hydrogen) atoms. The van der Waals surface area contributed by atoms with Crippen LogP contribution in [0.2, 0.25) is 0 Å². The summed E-state index contributed by atoms with van der Waals surface area (Å²) >= 11 is 0. The molecule has 0 saturated heterocycles. The van der Waals surface area contributed by atoms with Gasteiger partial charge in [-0.1, -0.05) is 0 Å². The fourth-order valence-corrected chi connectivity index (χ4v) is 3.21. The Hall–Kier alpha value is -2.49. The highest BCUT2D eigenvalue weighted by atomic mass is 32.2. The minimum absolute atomic E-state index is 0.0316. The molecule has 1 aliphatic heterocycles. The van der Waals surface area contributed by atoms with Crippen LogP contribution in [0.15, 0.2) is 41.3 Å². The second kappa shape index (κ2) is 7.40. The van der Waals surface area contributed by atoms with Crippen LogP contribution in [0.3, 0.4) is 0 Å². The van der Waals surface area contributed by atoms with Crippen molar-refractivity contribution >= 4 is 16.0 Å². The average molecular weight is 381 g/mol. The van der Waals surface area contributed by atoms with E-state index in [0.717, 1.165) is 0 Å². The first-order chi connectivity index (χ1) is 12.4. The number of hydrogen-bond donors (Lipinski definition) is 1. The van der Waals surface area contributed by atoms with E-state index in [1.54, 1.807) is 0 Å². The zero-order chi connectivity index (χ0) is 18.7. The Labute approximate surface area is 149 Å². The number of sulfonamides is 1. The molecular formula is C17H16FNO6S. The Morgan fingerprint density at radius 2 is 2.00 bits per heavy atom. The zero-order valence-corrected chi connectivity index (χ0v) is 14.6. The normalized spacial score (nSPS) is 13.6. The van der Waals surface area contributed by atoms with Crippen molar-refractivity contribution in [2.75, 3.05) is 13.8 Å². The van der Waals surface area contributed by atoms with Crippen molar-refractivity contribution in [1.82, 2.24) is 4.72 Å². The monoisotopic (exact) mass is 381 g/mol. The van der Waals surface area contributed by atoms with Gasteiger partial charge in [-0.15, -0.1) is 0 Å². The third-order valence-electron chi connectivity index (χ3n) is 3.78. The lowest BCUT2D eigenvalue weighted by Crippen LogP contribution is -2.18. The van der Waals surface area contributed by atoms with E-state index < -0.39 is 21.8 Å². The molecule has 0 atom stereocenters. The predicted molar refractivity (Wildman–Crippen MR) is 88.5 cm³/mol. The van der Waals surface area contributed by atoms with Crippen molar-refractivity contribution in [3.8, 4) is 5.75 Å². The Kier molecular flexibility index (Phi) is 5.21. The minimum Gasteiger partial charge on any atom is -0.467 e. The van der Waals surface area contributed by atoms with Gasteiger partial charge in [0.05, 0.1) is 17.1 Å². The lowest BCUT2D eigenvalue weighted by atomic mass is 10.1. The molecule has 0 fully saturated rings. The maximum absolute atomic E-state index is 13.7. The number of fused-ring (bicyclic) bond motifs is 1. The molecule has 0 spiro atoms. The molecule has 0 saturated carbocycles. The lowest BCUT2D eigenvalue weighted by molar-refractivity contribution is -0.0182. The third-order valence-corrected chi connectivity index (χ3v) is 5.21. The zero-order valence-electron chi connectivity index (χ0n) is 13.8. The number of ether oxygens (including phenoxy) is 3. The summed E-state index contributed by atoms with van der Waals surface area (Å²) in [4.78, 5) is 12.2. The van der Waals surface area contributed by atoms with E-state index in [9.17, 15) is 17.6 Å². The molecule has 0 aromatic heterocycles. The van der Waals surface area contributed by atoms with E-state index in [4.69, 9.17) is 14.2 Å². The molecule has 0 radical (unpaired) electrons. The Morgan fingerprint density at radius 1 is 1.27 bits per heavy atom. The average Bonchev–Trinajstić information content (AvgIpc) is 2.65. The summed E-state index contributed by atoms with van der Waals surface area (Å²) in [5.74, 6) is -0.699. The van der Waals surface area contributed by atoms with Gasteiger partial charge in [0.1, 0.15) is 18.2 Å². The van der Waals surface area contributed by atoms with E-state index in [0.29, 0.717) is 16.9 Å². The van der Waals surface area contributed by atoms with Crippen LogP contribution in [0.1, 0.15) is 21.5 Å². The van der Waals surface area contributed by atoms with Crippen LogP contribution in [0.4, 0.5) is 4.39 Å². The summed E-state index contributed by atoms with van der Waals surface area (Å²) in [5, 5.41) is 0. The van der Waals surface area contributed by atoms with Crippen molar-refractivity contribution in [2.24, 2.45) is 0 Å². The van der Waals surface area contributed by atoms with Crippen LogP contribution in [0, 0.1) is 5.82 Å². The predicted octanol–water partition coefficient (Wildman–Crippen LogP) is 1.96. The molecule has 1 heterocycles. The van der Waals surface area contributed by atoms with Crippen molar-refractivity contribution in [3.05, 3.63) is 58.9 Å². The fraction of sp³-hybridized carbons (Fsp3) is 0.235. The van der Waals surface area contributed by atoms with E-state index in [1.165, 1.54) is 43.4 Å². The number of benzene rings is 2. The number of halogens is 1. The maximum atomic E-state index is 13.7. The second-order valence-electron chi connectivity index (χ2n) is 5.47. The number of carbonyl (C=O) groups excluding carboxylic acids is 1. The number of hydrogen-bond acceptors (Lipinski definition) is 6. The van der Waals surface area contributed by atoms with Gasteiger partial charge in [0, 0.05) is 11.1 Å². The second-order valence-corrected chi connectivity index (χ2v) is 7.36. The molecular weight excluding hydrogens is 365 g/mol. The molecule has 0 aliphatic carbocycles. The fourth-order valence-electron chi connectivity index (χ4n) is 2.48. The molecule has 2 aromatic rings. The quantitative estimate of drug-likeness (QED) is 0.796. The van der Waals surface area contributed by atoms with Gasteiger partial charge < -0.3 is 14.2 Å². The van der Waals surface area contributed by atoms with Gasteiger partial charge in [-0.25, -0.2) is 22.3 Å². The molecule has 9 heteroatoms. The maximum Gasteiger partial charge on any atom is 0.338 e. The molecule has 7 nitrogen and oxygen atoms in total. The third kappa shape index (κ3) is 3.85. The highest BCUT2D eigenvalue weighted by molar-refractivity contribution is 7.89. The van der Waals surface area contributed by atoms with Gasteiger partial charge in [-0.3, -0.25) is 0 Å². The first kappa shape index (κ1) is 18.3. The standard InChI is InChI=1S/C17H16FNO6S/c1-19-26(21,22)15-4-2-11(3-5-15)17(20)24-9-13-7-14(18)6-12-8-23-10-25-16(12)13/h2-7,19H,8-10H2,1H3. The summed E-state index contributed by atoms with van der Waals surface area (Å²) < 4.78 is 54.9. The lowest BCUT2D eigenvalue weighted by Gasteiger charge is -2.20. The van der Waals surface area contributed by atoms with Gasteiger partial charge in [-0.2, -0.15) is 0 Å². The largest absolute Gasteiger partial charge is 0.467 e. The molecule has 1 aliphatic rings. The van der Waals surface area contributed by atoms with Crippen LogP contribution in [-0.2, 0) is 32.7 Å². The Balaban J connectivity index is 1.73. The minimum atomic E-state index is -3.58. The summed E-state index contributed by atoms with van der Waals surface area (Å²) in [6.45, 7) is 0.0753. The summed E-state index contributed by atoms with van der Waals surface area (Å²) in [7, 11) is -2.29. The van der Waals surface area contributed by atoms with Crippen LogP contribution in [0.5, 0.6) is 5.75 Å². The highest BCUT2D eigenvalue weighted by Gasteiger charge is 2.19. The topological polar surface area (TPSA) is 90.9 Å².